The molecule has 1 fully saturated rings. The van der Waals surface area contributed by atoms with E-state index in [9.17, 15) is 8.42 Å². The number of nitrogens with one attached hydrogen (secondary N) is 2. The van der Waals surface area contributed by atoms with E-state index < -0.39 is 10.2 Å². The van der Waals surface area contributed by atoms with Crippen LogP contribution in [0.2, 0.25) is 0 Å². The first-order chi connectivity index (χ1) is 6.55. The molecule has 0 saturated heterocycles. The fourth-order valence-corrected chi connectivity index (χ4v) is 2.69. The number of hydrogen-bond donors (Lipinski definition) is 3. The molecule has 4 N–H and O–H groups in total. The van der Waals surface area contributed by atoms with Gasteiger partial charge >= 0.3 is 0 Å². The van der Waals surface area contributed by atoms with Gasteiger partial charge in [-0.05, 0) is 18.8 Å². The molecule has 0 radical (unpaired) electrons. The summed E-state index contributed by atoms with van der Waals surface area (Å²) in [5, 5.41) is 0. The van der Waals surface area contributed by atoms with E-state index in [4.69, 9.17) is 5.73 Å². The topological polar surface area (TPSA) is 84.2 Å². The van der Waals surface area contributed by atoms with Gasteiger partial charge in [-0.25, -0.2) is 9.44 Å². The summed E-state index contributed by atoms with van der Waals surface area (Å²) in [7, 11) is -3.30. The van der Waals surface area contributed by atoms with Crippen molar-refractivity contribution in [2.45, 2.75) is 32.2 Å². The molecule has 0 aromatic carbocycles. The first-order valence-electron chi connectivity index (χ1n) is 5.05. The maximum absolute atomic E-state index is 11.2. The molecular formula is C8H19N3O2S. The Labute approximate surface area is 85.6 Å². The first-order valence-corrected chi connectivity index (χ1v) is 6.53. The molecule has 2 unspecified atom stereocenters. The lowest BCUT2D eigenvalue weighted by molar-refractivity contribution is 0.467. The highest BCUT2D eigenvalue weighted by Gasteiger charge is 2.24. The summed E-state index contributed by atoms with van der Waals surface area (Å²) >= 11 is 0. The van der Waals surface area contributed by atoms with Crippen molar-refractivity contribution in [2.75, 3.05) is 13.1 Å². The van der Waals surface area contributed by atoms with Crippen molar-refractivity contribution in [3.05, 3.63) is 0 Å². The SMILES string of the molecule is CCNS(=O)(=O)NCC1CCCC1N. The Balaban J connectivity index is 2.32. The van der Waals surface area contributed by atoms with Gasteiger partial charge in [0.05, 0.1) is 0 Å². The first kappa shape index (κ1) is 11.9. The van der Waals surface area contributed by atoms with Crippen LogP contribution in [-0.2, 0) is 10.2 Å². The predicted molar refractivity (Wildman–Crippen MR) is 55.9 cm³/mol. The molecule has 0 heterocycles. The van der Waals surface area contributed by atoms with Crippen LogP contribution in [0.3, 0.4) is 0 Å². The molecule has 1 aliphatic carbocycles. The molecule has 0 spiro atoms. The smallest absolute Gasteiger partial charge is 0.276 e. The van der Waals surface area contributed by atoms with Crippen LogP contribution in [0, 0.1) is 5.92 Å². The third-order valence-electron chi connectivity index (χ3n) is 2.59. The number of hydrogen-bond acceptors (Lipinski definition) is 3. The molecule has 1 aliphatic rings. The van der Waals surface area contributed by atoms with Gasteiger partial charge in [-0.2, -0.15) is 8.42 Å². The van der Waals surface area contributed by atoms with Crippen LogP contribution >= 0.6 is 0 Å². The predicted octanol–water partition coefficient (Wildman–Crippen LogP) is -0.442. The van der Waals surface area contributed by atoms with Gasteiger partial charge in [-0.1, -0.05) is 13.3 Å². The van der Waals surface area contributed by atoms with E-state index in [2.05, 4.69) is 9.44 Å². The molecule has 0 aromatic heterocycles. The quantitative estimate of drug-likeness (QED) is 0.588. The molecule has 0 aromatic rings. The van der Waals surface area contributed by atoms with E-state index in [1.807, 2.05) is 0 Å². The van der Waals surface area contributed by atoms with E-state index in [1.165, 1.54) is 0 Å². The summed E-state index contributed by atoms with van der Waals surface area (Å²) in [6, 6.07) is 0.152. The van der Waals surface area contributed by atoms with Crippen LogP contribution in [0.15, 0.2) is 0 Å². The van der Waals surface area contributed by atoms with Crippen molar-refractivity contribution in [3.63, 3.8) is 0 Å². The normalized spacial score (nSPS) is 28.1. The highest BCUT2D eigenvalue weighted by Crippen LogP contribution is 2.22. The second kappa shape index (κ2) is 5.06. The van der Waals surface area contributed by atoms with Crippen molar-refractivity contribution in [2.24, 2.45) is 11.7 Å². The standard InChI is InChI=1S/C8H19N3O2S/c1-2-10-14(12,13)11-6-7-4-3-5-8(7)9/h7-8,10-11H,2-6,9H2,1H3. The molecule has 0 amide bonds. The summed E-state index contributed by atoms with van der Waals surface area (Å²) in [5.74, 6) is 0.295. The van der Waals surface area contributed by atoms with Crippen molar-refractivity contribution in [1.29, 1.82) is 0 Å². The molecule has 6 heteroatoms. The largest absolute Gasteiger partial charge is 0.327 e. The van der Waals surface area contributed by atoms with Crippen molar-refractivity contribution < 1.29 is 8.42 Å². The van der Waals surface area contributed by atoms with Gasteiger partial charge in [0.1, 0.15) is 0 Å². The van der Waals surface area contributed by atoms with E-state index in [-0.39, 0.29) is 6.04 Å². The molecule has 1 rings (SSSR count). The third-order valence-corrected chi connectivity index (χ3v) is 3.80. The second-order valence-corrected chi connectivity index (χ2v) is 5.29. The van der Waals surface area contributed by atoms with E-state index in [1.54, 1.807) is 6.92 Å². The fraction of sp³-hybridized carbons (Fsp3) is 1.00. The van der Waals surface area contributed by atoms with Crippen LogP contribution in [0.5, 0.6) is 0 Å². The van der Waals surface area contributed by atoms with Crippen LogP contribution in [0.4, 0.5) is 0 Å². The van der Waals surface area contributed by atoms with Crippen LogP contribution in [0.1, 0.15) is 26.2 Å². The molecular weight excluding hydrogens is 202 g/mol. The van der Waals surface area contributed by atoms with Gasteiger partial charge < -0.3 is 5.73 Å². The van der Waals surface area contributed by atoms with Crippen LogP contribution in [0.25, 0.3) is 0 Å². The lowest BCUT2D eigenvalue weighted by atomic mass is 10.1. The minimum absolute atomic E-state index is 0.152. The summed E-state index contributed by atoms with van der Waals surface area (Å²) in [4.78, 5) is 0. The molecule has 2 atom stereocenters. The molecule has 0 bridgehead atoms. The molecule has 5 nitrogen and oxygen atoms in total. The van der Waals surface area contributed by atoms with Crippen LogP contribution in [-0.4, -0.2) is 27.5 Å². The zero-order valence-corrected chi connectivity index (χ0v) is 9.31. The zero-order valence-electron chi connectivity index (χ0n) is 8.49. The lowest BCUT2D eigenvalue weighted by Gasteiger charge is -2.15. The maximum Gasteiger partial charge on any atom is 0.276 e. The summed E-state index contributed by atoms with van der Waals surface area (Å²) in [6.07, 6.45) is 3.14. The average Bonchev–Trinajstić information content (AvgIpc) is 2.48. The van der Waals surface area contributed by atoms with Crippen molar-refractivity contribution in [1.82, 2.24) is 9.44 Å². The fourth-order valence-electron chi connectivity index (χ4n) is 1.78. The number of rotatable bonds is 5. The van der Waals surface area contributed by atoms with E-state index in [0.29, 0.717) is 19.0 Å². The van der Waals surface area contributed by atoms with Gasteiger partial charge in [0, 0.05) is 19.1 Å². The van der Waals surface area contributed by atoms with Gasteiger partial charge in [-0.15, -0.1) is 0 Å². The Bertz CT molecular complexity index is 266. The Kier molecular flexibility index (Phi) is 4.31. The molecule has 1 saturated carbocycles. The minimum Gasteiger partial charge on any atom is -0.327 e. The van der Waals surface area contributed by atoms with E-state index >= 15 is 0 Å². The highest BCUT2D eigenvalue weighted by atomic mass is 32.2. The monoisotopic (exact) mass is 221 g/mol. The molecule has 14 heavy (non-hydrogen) atoms. The van der Waals surface area contributed by atoms with Crippen molar-refractivity contribution >= 4 is 10.2 Å². The number of nitrogens with two attached hydrogens (primary N) is 1. The summed E-state index contributed by atoms with van der Waals surface area (Å²) in [6.45, 7) is 2.61. The molecule has 0 aliphatic heterocycles. The van der Waals surface area contributed by atoms with Gasteiger partial charge in [0.25, 0.3) is 10.2 Å². The summed E-state index contributed by atoms with van der Waals surface area (Å²) < 4.78 is 27.4. The molecule has 84 valence electrons. The third kappa shape index (κ3) is 3.53. The Hall–Kier alpha value is -0.170. The Morgan fingerprint density at radius 2 is 2.07 bits per heavy atom. The summed E-state index contributed by atoms with van der Waals surface area (Å²) in [5.41, 5.74) is 5.83. The minimum atomic E-state index is -3.30. The van der Waals surface area contributed by atoms with Gasteiger partial charge in [0.2, 0.25) is 0 Å². The maximum atomic E-state index is 11.2. The Morgan fingerprint density at radius 3 is 2.57 bits per heavy atom. The van der Waals surface area contributed by atoms with Gasteiger partial charge in [0.15, 0.2) is 0 Å². The van der Waals surface area contributed by atoms with Crippen LogP contribution < -0.4 is 15.2 Å². The second-order valence-electron chi connectivity index (χ2n) is 3.70. The average molecular weight is 221 g/mol. The van der Waals surface area contributed by atoms with Crippen molar-refractivity contribution in [3.8, 4) is 0 Å². The highest BCUT2D eigenvalue weighted by molar-refractivity contribution is 7.87. The van der Waals surface area contributed by atoms with E-state index in [0.717, 1.165) is 19.3 Å². The lowest BCUT2D eigenvalue weighted by Crippen LogP contribution is -2.41. The van der Waals surface area contributed by atoms with Gasteiger partial charge in [-0.3, -0.25) is 0 Å². The zero-order chi connectivity index (χ0) is 10.6. The Morgan fingerprint density at radius 1 is 1.36 bits per heavy atom.